The Hall–Kier alpha value is -4.68. The van der Waals surface area contributed by atoms with Crippen molar-refractivity contribution in [2.75, 3.05) is 50.8 Å². The molecular weight excluding hydrogens is 754 g/mol. The second kappa shape index (κ2) is 16.9. The van der Waals surface area contributed by atoms with E-state index in [0.29, 0.717) is 61.0 Å². The first-order chi connectivity index (χ1) is 27.6. The lowest BCUT2D eigenvalue weighted by molar-refractivity contribution is -0.143. The maximum Gasteiger partial charge on any atom is 0.255 e. The molecule has 58 heavy (non-hydrogen) atoms. The van der Waals surface area contributed by atoms with E-state index in [1.54, 1.807) is 28.1 Å². The molecule has 2 aromatic carbocycles. The molecule has 7 rings (SSSR count). The molecule has 4 amide bonds. The molecule has 310 valence electrons. The van der Waals surface area contributed by atoms with Crippen molar-refractivity contribution >= 4 is 41.0 Å². The van der Waals surface area contributed by atoms with Gasteiger partial charge in [0.2, 0.25) is 11.8 Å². The zero-order chi connectivity index (χ0) is 41.4. The minimum atomic E-state index is -0.659. The Morgan fingerprint density at radius 3 is 2.38 bits per heavy atom. The normalized spacial score (nSPS) is 20.8. The van der Waals surface area contributed by atoms with Crippen molar-refractivity contribution in [1.82, 2.24) is 30.3 Å². The Labute approximate surface area is 347 Å². The lowest BCUT2D eigenvalue weighted by atomic mass is 9.52. The van der Waals surface area contributed by atoms with Crippen LogP contribution in [0.1, 0.15) is 92.6 Å². The molecule has 2 N–H and O–H groups in total. The maximum absolute atomic E-state index is 14.1. The number of fused-ring (bicyclic) bond motifs is 1. The number of hydrogen-bond donors (Lipinski definition) is 2. The number of ether oxygens (including phenoxy) is 1. The van der Waals surface area contributed by atoms with Crippen LogP contribution in [0.2, 0.25) is 5.02 Å². The highest BCUT2D eigenvalue weighted by Crippen LogP contribution is 2.53. The van der Waals surface area contributed by atoms with E-state index < -0.39 is 12.1 Å². The lowest BCUT2D eigenvalue weighted by Gasteiger charge is -2.57. The highest BCUT2D eigenvalue weighted by atomic mass is 35.5. The molecule has 3 aromatic rings. The number of nitrogens with one attached hydrogen (secondary N) is 2. The number of carbonyl (C=O) groups excluding carboxylic acids is 4. The number of nitrogens with zero attached hydrogens (tertiary/aromatic N) is 5. The van der Waals surface area contributed by atoms with Gasteiger partial charge in [-0.1, -0.05) is 77.4 Å². The third-order valence-corrected chi connectivity index (χ3v) is 12.7. The van der Waals surface area contributed by atoms with Crippen molar-refractivity contribution in [2.45, 2.75) is 92.0 Å². The molecular formula is C45H58ClN7O5. The number of hydrogen-bond acceptors (Lipinski definition) is 8. The summed E-state index contributed by atoms with van der Waals surface area (Å²) in [7, 11) is 0. The van der Waals surface area contributed by atoms with E-state index in [0.717, 1.165) is 49.5 Å². The van der Waals surface area contributed by atoms with E-state index in [2.05, 4.69) is 53.1 Å². The van der Waals surface area contributed by atoms with Gasteiger partial charge in [-0.15, -0.1) is 0 Å². The standard InChI is InChI=1S/C45H58ClN7O5/c1-29(2)38(53-27-32-10-7-8-11-34(32)41(53)56)42(57)52-17-9-12-35(52)40(55)48-25-30-13-15-33(46)24-36(30)58-23-22-50-18-20-51(21-19-50)37-16-14-31(26-47-37)39(54)49-43-44(3,4)28-45(43,5)6/h7-8,10-11,13-16,24,26,29,35,38,43H,9,12,17-23,25,27-28H2,1-6H3,(H,48,55)(H,49,54)/t35-,38-/m0/s1. The smallest absolute Gasteiger partial charge is 0.255 e. The van der Waals surface area contributed by atoms with Gasteiger partial charge in [-0.25, -0.2) is 4.98 Å². The van der Waals surface area contributed by atoms with E-state index in [1.807, 2.05) is 56.3 Å². The van der Waals surface area contributed by atoms with Crippen molar-refractivity contribution in [3.63, 3.8) is 0 Å². The molecule has 1 saturated carbocycles. The number of carbonyl (C=O) groups is 4. The highest BCUT2D eigenvalue weighted by molar-refractivity contribution is 6.30. The molecule has 3 fully saturated rings. The van der Waals surface area contributed by atoms with Crippen LogP contribution in [-0.2, 0) is 22.7 Å². The summed E-state index contributed by atoms with van der Waals surface area (Å²) in [5.74, 6) is 0.718. The van der Waals surface area contributed by atoms with Crippen molar-refractivity contribution in [3.8, 4) is 5.75 Å². The topological polar surface area (TPSA) is 127 Å². The summed E-state index contributed by atoms with van der Waals surface area (Å²) in [5, 5.41) is 6.84. The fourth-order valence-electron chi connectivity index (χ4n) is 9.96. The van der Waals surface area contributed by atoms with Gasteiger partial charge in [0.05, 0.1) is 5.56 Å². The first kappa shape index (κ1) is 41.5. The molecule has 13 heteroatoms. The summed E-state index contributed by atoms with van der Waals surface area (Å²) < 4.78 is 6.26. The monoisotopic (exact) mass is 811 g/mol. The Balaban J connectivity index is 0.879. The molecule has 1 aliphatic carbocycles. The number of anilines is 1. The third kappa shape index (κ3) is 8.69. The van der Waals surface area contributed by atoms with Crippen molar-refractivity contribution in [3.05, 3.63) is 88.1 Å². The van der Waals surface area contributed by atoms with E-state index in [-0.39, 0.29) is 53.0 Å². The van der Waals surface area contributed by atoms with Crippen molar-refractivity contribution < 1.29 is 23.9 Å². The van der Waals surface area contributed by atoms with Crippen molar-refractivity contribution in [1.29, 1.82) is 0 Å². The number of likely N-dealkylation sites (tertiary alicyclic amines) is 1. The molecule has 0 spiro atoms. The average molecular weight is 812 g/mol. The number of piperazine rings is 1. The highest BCUT2D eigenvalue weighted by Gasteiger charge is 2.53. The second-order valence-electron chi connectivity index (χ2n) is 18.1. The minimum absolute atomic E-state index is 0.0770. The van der Waals surface area contributed by atoms with E-state index >= 15 is 0 Å². The van der Waals surface area contributed by atoms with Crippen LogP contribution in [0.4, 0.5) is 5.82 Å². The summed E-state index contributed by atoms with van der Waals surface area (Å²) in [6, 6.07) is 15.5. The zero-order valence-electron chi connectivity index (χ0n) is 34.7. The average Bonchev–Trinajstić information content (AvgIpc) is 3.81. The van der Waals surface area contributed by atoms with Crippen LogP contribution in [0.15, 0.2) is 60.8 Å². The molecule has 12 nitrogen and oxygen atoms in total. The minimum Gasteiger partial charge on any atom is -0.492 e. The van der Waals surface area contributed by atoms with Gasteiger partial charge >= 0.3 is 0 Å². The molecule has 0 unspecified atom stereocenters. The van der Waals surface area contributed by atoms with E-state index in [4.69, 9.17) is 16.3 Å². The van der Waals surface area contributed by atoms with Crippen LogP contribution in [0.5, 0.6) is 5.75 Å². The Kier molecular flexibility index (Phi) is 12.1. The largest absolute Gasteiger partial charge is 0.492 e. The van der Waals surface area contributed by atoms with Crippen LogP contribution < -0.4 is 20.3 Å². The van der Waals surface area contributed by atoms with Gasteiger partial charge in [-0.3, -0.25) is 24.1 Å². The Bertz CT molecular complexity index is 2000. The summed E-state index contributed by atoms with van der Waals surface area (Å²) >= 11 is 6.39. The van der Waals surface area contributed by atoms with Gasteiger partial charge in [0.1, 0.15) is 30.3 Å². The summed E-state index contributed by atoms with van der Waals surface area (Å²) in [5.41, 5.74) is 3.09. The third-order valence-electron chi connectivity index (χ3n) is 12.5. The van der Waals surface area contributed by atoms with Crippen molar-refractivity contribution in [2.24, 2.45) is 16.7 Å². The van der Waals surface area contributed by atoms with E-state index in [1.165, 1.54) is 0 Å². The van der Waals surface area contributed by atoms with Crippen LogP contribution in [0.25, 0.3) is 0 Å². The predicted molar refractivity (Wildman–Crippen MR) is 225 cm³/mol. The zero-order valence-corrected chi connectivity index (χ0v) is 35.5. The van der Waals surface area contributed by atoms with Gasteiger partial charge < -0.3 is 30.1 Å². The number of amides is 4. The van der Waals surface area contributed by atoms with Gasteiger partial charge in [-0.05, 0) is 71.9 Å². The fourth-order valence-corrected chi connectivity index (χ4v) is 10.1. The summed E-state index contributed by atoms with van der Waals surface area (Å²) in [6.45, 7) is 18.2. The number of halogens is 1. The Morgan fingerprint density at radius 1 is 0.966 bits per heavy atom. The Morgan fingerprint density at radius 2 is 1.71 bits per heavy atom. The molecule has 2 atom stereocenters. The van der Waals surface area contributed by atoms with Crippen LogP contribution in [0, 0.1) is 16.7 Å². The van der Waals surface area contributed by atoms with Gasteiger partial charge in [0.25, 0.3) is 11.8 Å². The van der Waals surface area contributed by atoms with Gasteiger partial charge in [0.15, 0.2) is 0 Å². The second-order valence-corrected chi connectivity index (χ2v) is 18.5. The first-order valence-corrected chi connectivity index (χ1v) is 21.1. The molecule has 2 saturated heterocycles. The number of pyridine rings is 1. The quantitative estimate of drug-likeness (QED) is 0.223. The van der Waals surface area contributed by atoms with Gasteiger partial charge in [-0.2, -0.15) is 0 Å². The predicted octanol–water partition coefficient (Wildman–Crippen LogP) is 5.78. The first-order valence-electron chi connectivity index (χ1n) is 20.8. The number of rotatable bonds is 13. The SMILES string of the molecule is CC(C)[C@@H](C(=O)N1CCC[C@H]1C(=O)NCc1ccc(Cl)cc1OCCN1CCN(c2ccc(C(=O)NC3C(C)(C)CC3(C)C)cn2)CC1)N1Cc2ccccc2C1=O. The van der Waals surface area contributed by atoms with Crippen LogP contribution >= 0.6 is 11.6 Å². The lowest BCUT2D eigenvalue weighted by Crippen LogP contribution is -2.63. The molecule has 1 aromatic heterocycles. The molecule has 4 heterocycles. The molecule has 0 bridgehead atoms. The molecule has 0 radical (unpaired) electrons. The van der Waals surface area contributed by atoms with Gasteiger partial charge in [0, 0.05) is 80.7 Å². The molecule has 4 aliphatic rings. The van der Waals surface area contributed by atoms with Crippen LogP contribution in [0.3, 0.4) is 0 Å². The summed E-state index contributed by atoms with van der Waals surface area (Å²) in [6.07, 6.45) is 4.03. The molecule has 3 aliphatic heterocycles. The van der Waals surface area contributed by atoms with E-state index in [9.17, 15) is 19.2 Å². The number of benzene rings is 2. The van der Waals surface area contributed by atoms with Crippen LogP contribution in [-0.4, -0.2) is 107 Å². The fraction of sp³-hybridized carbons (Fsp3) is 0.533. The summed E-state index contributed by atoms with van der Waals surface area (Å²) in [4.78, 5) is 66.7. The maximum atomic E-state index is 14.1. The number of aromatic nitrogens is 1.